The minimum Gasteiger partial charge on any atom is -0.484 e. The first kappa shape index (κ1) is 17.2. The number of nitrogens with zero attached hydrogens (tertiary/aromatic N) is 2. The molecule has 2 N–H and O–H groups in total. The number of rotatable bonds is 5. The Morgan fingerprint density at radius 1 is 1.04 bits per heavy atom. The summed E-state index contributed by atoms with van der Waals surface area (Å²) in [4.78, 5) is 8.06. The molecule has 0 amide bonds. The molecule has 6 nitrogen and oxygen atoms in total. The van der Waals surface area contributed by atoms with Gasteiger partial charge in [-0.3, -0.25) is 0 Å². The van der Waals surface area contributed by atoms with Gasteiger partial charge in [-0.1, -0.05) is 41.9 Å². The third kappa shape index (κ3) is 3.72. The van der Waals surface area contributed by atoms with Crippen molar-refractivity contribution in [3.63, 3.8) is 0 Å². The minimum absolute atomic E-state index is 0.0135. The van der Waals surface area contributed by atoms with Gasteiger partial charge in [0.15, 0.2) is 5.82 Å². The molecule has 3 aromatic rings. The van der Waals surface area contributed by atoms with E-state index < -0.39 is 9.84 Å². The molecule has 0 atom stereocenters. The predicted octanol–water partition coefficient (Wildman–Crippen LogP) is 3.12. The zero-order valence-electron chi connectivity index (χ0n) is 13.0. The Labute approximate surface area is 150 Å². The smallest absolute Gasteiger partial charge is 0.211 e. The quantitative estimate of drug-likeness (QED) is 0.736. The fourth-order valence-electron chi connectivity index (χ4n) is 2.13. The fraction of sp³-hybridized carbons (Fsp3) is 0.0588. The van der Waals surface area contributed by atoms with Crippen molar-refractivity contribution in [2.24, 2.45) is 0 Å². The van der Waals surface area contributed by atoms with Crippen molar-refractivity contribution < 1.29 is 13.2 Å². The highest BCUT2D eigenvalue weighted by Crippen LogP contribution is 2.25. The van der Waals surface area contributed by atoms with Crippen LogP contribution >= 0.6 is 11.6 Å². The second-order valence-corrected chi connectivity index (χ2v) is 7.40. The summed E-state index contributed by atoms with van der Waals surface area (Å²) in [6.07, 6.45) is 1.19. The van der Waals surface area contributed by atoms with Gasteiger partial charge in [-0.05, 0) is 24.3 Å². The lowest BCUT2D eigenvalue weighted by Gasteiger charge is -2.09. The molecule has 0 spiro atoms. The van der Waals surface area contributed by atoms with E-state index >= 15 is 0 Å². The van der Waals surface area contributed by atoms with Crippen molar-refractivity contribution in [2.75, 3.05) is 5.73 Å². The summed E-state index contributed by atoms with van der Waals surface area (Å²) in [5.74, 6) is 0.605. The number of hydrogen-bond acceptors (Lipinski definition) is 6. The molecule has 1 aromatic heterocycles. The average molecular weight is 376 g/mol. The Morgan fingerprint density at radius 3 is 2.40 bits per heavy atom. The number of ether oxygens (including phenoxy) is 1. The summed E-state index contributed by atoms with van der Waals surface area (Å²) in [5, 5.41) is 0.457. The number of hydrogen-bond donors (Lipinski definition) is 1. The van der Waals surface area contributed by atoms with E-state index in [1.54, 1.807) is 42.5 Å². The van der Waals surface area contributed by atoms with Gasteiger partial charge < -0.3 is 10.5 Å². The summed E-state index contributed by atoms with van der Waals surface area (Å²) in [5.41, 5.74) is 5.83. The molecule has 0 saturated carbocycles. The molecule has 0 fully saturated rings. The van der Waals surface area contributed by atoms with E-state index in [-0.39, 0.29) is 28.0 Å². The Morgan fingerprint density at radius 2 is 1.72 bits per heavy atom. The molecule has 1 heterocycles. The van der Waals surface area contributed by atoms with E-state index in [1.807, 2.05) is 0 Å². The number of aromatic nitrogens is 2. The summed E-state index contributed by atoms with van der Waals surface area (Å²) in [6, 6.07) is 15.0. The molecule has 0 saturated heterocycles. The molecule has 3 rings (SSSR count). The van der Waals surface area contributed by atoms with Crippen molar-refractivity contribution in [3.8, 4) is 5.75 Å². The van der Waals surface area contributed by atoms with E-state index in [0.717, 1.165) is 0 Å². The number of nitrogen functional groups attached to an aromatic ring is 1. The lowest BCUT2D eigenvalue weighted by atomic mass is 10.3. The summed E-state index contributed by atoms with van der Waals surface area (Å²) in [7, 11) is -3.77. The van der Waals surface area contributed by atoms with Crippen LogP contribution in [0.4, 0.5) is 5.82 Å². The maximum absolute atomic E-state index is 12.6. The lowest BCUT2D eigenvalue weighted by Crippen LogP contribution is -2.11. The maximum atomic E-state index is 12.6. The zero-order chi connectivity index (χ0) is 17.9. The highest BCUT2D eigenvalue weighted by Gasteiger charge is 2.22. The SMILES string of the molecule is Nc1nc(COc2ccccc2Cl)ncc1S(=O)(=O)c1ccccc1. The minimum atomic E-state index is -3.77. The molecule has 0 radical (unpaired) electrons. The highest BCUT2D eigenvalue weighted by atomic mass is 35.5. The van der Waals surface area contributed by atoms with Crippen molar-refractivity contribution in [2.45, 2.75) is 16.4 Å². The van der Waals surface area contributed by atoms with Crippen LogP contribution in [0.2, 0.25) is 5.02 Å². The first-order valence-corrected chi connectivity index (χ1v) is 9.13. The van der Waals surface area contributed by atoms with Crippen LogP contribution in [-0.2, 0) is 16.4 Å². The molecular formula is C17H14ClN3O3S. The Bertz CT molecular complexity index is 995. The van der Waals surface area contributed by atoms with Gasteiger partial charge in [-0.2, -0.15) is 0 Å². The van der Waals surface area contributed by atoms with Gasteiger partial charge in [0.2, 0.25) is 9.84 Å². The van der Waals surface area contributed by atoms with Crippen LogP contribution in [0.25, 0.3) is 0 Å². The molecular weight excluding hydrogens is 362 g/mol. The van der Waals surface area contributed by atoms with Gasteiger partial charge in [0.25, 0.3) is 0 Å². The number of nitrogens with two attached hydrogens (primary N) is 1. The van der Waals surface area contributed by atoms with Crippen molar-refractivity contribution in [1.82, 2.24) is 9.97 Å². The van der Waals surface area contributed by atoms with Crippen LogP contribution in [0.1, 0.15) is 5.82 Å². The second-order valence-electron chi connectivity index (χ2n) is 5.07. The topological polar surface area (TPSA) is 95.2 Å². The van der Waals surface area contributed by atoms with Crippen LogP contribution in [-0.4, -0.2) is 18.4 Å². The van der Waals surface area contributed by atoms with E-state index in [4.69, 9.17) is 22.1 Å². The number of para-hydroxylation sites is 1. The Hall–Kier alpha value is -2.64. The molecule has 0 unspecified atom stereocenters. The van der Waals surface area contributed by atoms with E-state index in [0.29, 0.717) is 10.8 Å². The maximum Gasteiger partial charge on any atom is 0.211 e. The highest BCUT2D eigenvalue weighted by molar-refractivity contribution is 7.91. The van der Waals surface area contributed by atoms with E-state index in [2.05, 4.69) is 9.97 Å². The number of halogens is 1. The van der Waals surface area contributed by atoms with E-state index in [9.17, 15) is 8.42 Å². The van der Waals surface area contributed by atoms with Crippen molar-refractivity contribution >= 4 is 27.3 Å². The third-order valence-electron chi connectivity index (χ3n) is 3.37. The number of benzene rings is 2. The predicted molar refractivity (Wildman–Crippen MR) is 94.1 cm³/mol. The van der Waals surface area contributed by atoms with Gasteiger partial charge >= 0.3 is 0 Å². The van der Waals surface area contributed by atoms with Gasteiger partial charge in [0.05, 0.1) is 16.1 Å². The van der Waals surface area contributed by atoms with Crippen LogP contribution in [0, 0.1) is 0 Å². The van der Waals surface area contributed by atoms with Crippen LogP contribution in [0.3, 0.4) is 0 Å². The van der Waals surface area contributed by atoms with Crippen LogP contribution < -0.4 is 10.5 Å². The molecule has 0 aliphatic carbocycles. The monoisotopic (exact) mass is 375 g/mol. The normalized spacial score (nSPS) is 11.2. The fourth-order valence-corrected chi connectivity index (χ4v) is 3.60. The van der Waals surface area contributed by atoms with Crippen molar-refractivity contribution in [3.05, 3.63) is 71.6 Å². The number of anilines is 1. The Kier molecular flexibility index (Phi) is 4.87. The Balaban J connectivity index is 1.83. The van der Waals surface area contributed by atoms with E-state index in [1.165, 1.54) is 18.3 Å². The largest absolute Gasteiger partial charge is 0.484 e. The zero-order valence-corrected chi connectivity index (χ0v) is 14.5. The third-order valence-corrected chi connectivity index (χ3v) is 5.47. The summed E-state index contributed by atoms with van der Waals surface area (Å²) < 4.78 is 30.7. The van der Waals surface area contributed by atoms with Crippen LogP contribution in [0.15, 0.2) is 70.6 Å². The second kappa shape index (κ2) is 7.08. The summed E-state index contributed by atoms with van der Waals surface area (Å²) >= 11 is 6.00. The number of sulfone groups is 1. The molecule has 8 heteroatoms. The van der Waals surface area contributed by atoms with Gasteiger partial charge in [0.1, 0.15) is 23.1 Å². The molecule has 25 heavy (non-hydrogen) atoms. The van der Waals surface area contributed by atoms with Crippen molar-refractivity contribution in [1.29, 1.82) is 0 Å². The van der Waals surface area contributed by atoms with Gasteiger partial charge in [-0.25, -0.2) is 18.4 Å². The van der Waals surface area contributed by atoms with Crippen LogP contribution in [0.5, 0.6) is 5.75 Å². The molecule has 0 aliphatic heterocycles. The molecule has 2 aromatic carbocycles. The molecule has 128 valence electrons. The van der Waals surface area contributed by atoms with Gasteiger partial charge in [-0.15, -0.1) is 0 Å². The first-order valence-electron chi connectivity index (χ1n) is 7.27. The lowest BCUT2D eigenvalue weighted by molar-refractivity contribution is 0.296. The standard InChI is InChI=1S/C17H14ClN3O3S/c18-13-8-4-5-9-14(13)24-11-16-20-10-15(17(19)21-16)25(22,23)12-6-2-1-3-7-12/h1-10H,11H2,(H2,19,20,21). The average Bonchev–Trinajstić information content (AvgIpc) is 2.61. The molecule has 0 aliphatic rings. The molecule has 0 bridgehead atoms. The first-order chi connectivity index (χ1) is 12.0. The van der Waals surface area contributed by atoms with Gasteiger partial charge in [0, 0.05) is 0 Å². The summed E-state index contributed by atoms with van der Waals surface area (Å²) in [6.45, 7) is 0.0135.